The first kappa shape index (κ1) is 22.0. The van der Waals surface area contributed by atoms with Crippen LogP contribution in [0.2, 0.25) is 5.02 Å². The van der Waals surface area contributed by atoms with Gasteiger partial charge in [0.15, 0.2) is 6.61 Å². The van der Waals surface area contributed by atoms with Crippen LogP contribution in [0.5, 0.6) is 5.75 Å². The number of anilines is 1. The van der Waals surface area contributed by atoms with Crippen LogP contribution >= 0.6 is 11.6 Å². The maximum Gasteiger partial charge on any atom is 0.277 e. The number of ether oxygens (including phenoxy) is 1. The van der Waals surface area contributed by atoms with Gasteiger partial charge in [-0.2, -0.15) is 5.10 Å². The highest BCUT2D eigenvalue weighted by atomic mass is 35.5. The summed E-state index contributed by atoms with van der Waals surface area (Å²) in [5.74, 6) is -0.761. The number of carbonyl (C=O) groups excluding carboxylic acids is 2. The lowest BCUT2D eigenvalue weighted by Gasteiger charge is -2.08. The Hall–Kier alpha value is -3.71. The Kier molecular flexibility index (Phi) is 7.35. The third kappa shape index (κ3) is 6.38. The first-order valence-electron chi connectivity index (χ1n) is 9.30. The summed E-state index contributed by atoms with van der Waals surface area (Å²) >= 11 is 5.98. The fourth-order valence-corrected chi connectivity index (χ4v) is 2.74. The van der Waals surface area contributed by atoms with Gasteiger partial charge in [0.1, 0.15) is 11.6 Å². The van der Waals surface area contributed by atoms with E-state index in [-0.39, 0.29) is 12.5 Å². The third-order valence-electron chi connectivity index (χ3n) is 4.21. The van der Waals surface area contributed by atoms with Gasteiger partial charge < -0.3 is 10.1 Å². The Balaban J connectivity index is 1.53. The fraction of sp³-hybridized carbons (Fsp3) is 0.0870. The summed E-state index contributed by atoms with van der Waals surface area (Å²) < 4.78 is 18.3. The van der Waals surface area contributed by atoms with Crippen LogP contribution in [-0.2, 0) is 4.79 Å². The highest BCUT2D eigenvalue weighted by Crippen LogP contribution is 2.22. The van der Waals surface area contributed by atoms with Gasteiger partial charge in [0.05, 0.1) is 10.7 Å². The van der Waals surface area contributed by atoms with Crippen LogP contribution in [0.1, 0.15) is 22.8 Å². The van der Waals surface area contributed by atoms with Crippen molar-refractivity contribution in [2.75, 3.05) is 11.9 Å². The molecule has 0 aliphatic rings. The molecular weight excluding hydrogens is 421 g/mol. The lowest BCUT2D eigenvalue weighted by molar-refractivity contribution is -0.123. The van der Waals surface area contributed by atoms with E-state index < -0.39 is 11.7 Å². The molecule has 0 aliphatic heterocycles. The minimum absolute atomic E-state index is 0.227. The van der Waals surface area contributed by atoms with Gasteiger partial charge in [-0.05, 0) is 61.0 Å². The molecule has 158 valence electrons. The quantitative estimate of drug-likeness (QED) is 0.415. The molecular formula is C23H19ClFN3O3. The summed E-state index contributed by atoms with van der Waals surface area (Å²) in [7, 11) is 0. The number of hydrogen-bond donors (Lipinski definition) is 2. The van der Waals surface area contributed by atoms with Gasteiger partial charge in [-0.1, -0.05) is 35.9 Å². The SMILES string of the molecule is CC(=NNC(=O)COc1ccccc1Cl)c1ccc(NC(=O)c2ccc(F)cc2)cc1. The predicted octanol–water partition coefficient (Wildman–Crippen LogP) is 4.65. The van der Waals surface area contributed by atoms with Gasteiger partial charge in [0, 0.05) is 11.3 Å². The van der Waals surface area contributed by atoms with E-state index in [0.29, 0.717) is 27.7 Å². The molecule has 0 aromatic heterocycles. The zero-order chi connectivity index (χ0) is 22.2. The molecule has 0 heterocycles. The number of carbonyl (C=O) groups is 2. The maximum atomic E-state index is 13.0. The van der Waals surface area contributed by atoms with Crippen molar-refractivity contribution >= 4 is 34.8 Å². The van der Waals surface area contributed by atoms with Crippen LogP contribution < -0.4 is 15.5 Å². The Labute approximate surface area is 183 Å². The molecule has 0 fully saturated rings. The van der Waals surface area contributed by atoms with Crippen molar-refractivity contribution in [3.8, 4) is 5.75 Å². The summed E-state index contributed by atoms with van der Waals surface area (Å²) in [5, 5.41) is 7.21. The van der Waals surface area contributed by atoms with Crippen LogP contribution in [0.3, 0.4) is 0 Å². The Morgan fingerprint density at radius 3 is 2.29 bits per heavy atom. The van der Waals surface area contributed by atoms with E-state index >= 15 is 0 Å². The van der Waals surface area contributed by atoms with Gasteiger partial charge in [0.2, 0.25) is 0 Å². The zero-order valence-corrected chi connectivity index (χ0v) is 17.3. The van der Waals surface area contributed by atoms with Crippen molar-refractivity contribution in [3.63, 3.8) is 0 Å². The van der Waals surface area contributed by atoms with Crippen molar-refractivity contribution in [3.05, 3.63) is 94.8 Å². The van der Waals surface area contributed by atoms with Crippen molar-refractivity contribution in [1.29, 1.82) is 0 Å². The highest BCUT2D eigenvalue weighted by molar-refractivity contribution is 6.32. The van der Waals surface area contributed by atoms with E-state index in [9.17, 15) is 14.0 Å². The number of nitrogens with zero attached hydrogens (tertiary/aromatic N) is 1. The second-order valence-electron chi connectivity index (χ2n) is 6.49. The van der Waals surface area contributed by atoms with Gasteiger partial charge in [-0.3, -0.25) is 9.59 Å². The first-order chi connectivity index (χ1) is 14.9. The molecule has 31 heavy (non-hydrogen) atoms. The number of para-hydroxylation sites is 1. The second kappa shape index (κ2) is 10.4. The zero-order valence-electron chi connectivity index (χ0n) is 16.6. The molecule has 0 spiro atoms. The molecule has 0 unspecified atom stereocenters. The Morgan fingerprint density at radius 2 is 1.61 bits per heavy atom. The number of nitrogens with one attached hydrogen (secondary N) is 2. The predicted molar refractivity (Wildman–Crippen MR) is 118 cm³/mol. The number of hydrogen-bond acceptors (Lipinski definition) is 4. The van der Waals surface area contributed by atoms with Crippen molar-refractivity contribution < 1.29 is 18.7 Å². The molecule has 2 N–H and O–H groups in total. The van der Waals surface area contributed by atoms with Gasteiger partial charge in [-0.15, -0.1) is 0 Å². The summed E-state index contributed by atoms with van der Waals surface area (Å²) in [6, 6.07) is 19.1. The van der Waals surface area contributed by atoms with E-state index in [1.807, 2.05) is 0 Å². The first-order valence-corrected chi connectivity index (χ1v) is 9.68. The van der Waals surface area contributed by atoms with Gasteiger partial charge >= 0.3 is 0 Å². The average Bonchev–Trinajstić information content (AvgIpc) is 2.78. The summed E-state index contributed by atoms with van der Waals surface area (Å²) in [6.45, 7) is 1.51. The van der Waals surface area contributed by atoms with E-state index in [1.54, 1.807) is 55.5 Å². The molecule has 0 aliphatic carbocycles. The lowest BCUT2D eigenvalue weighted by Crippen LogP contribution is -2.25. The number of hydrazone groups is 1. The topological polar surface area (TPSA) is 79.8 Å². The number of rotatable bonds is 7. The molecule has 0 saturated heterocycles. The molecule has 2 amide bonds. The number of amides is 2. The second-order valence-corrected chi connectivity index (χ2v) is 6.90. The summed E-state index contributed by atoms with van der Waals surface area (Å²) in [5.41, 5.74) is 4.68. The van der Waals surface area contributed by atoms with Crippen molar-refractivity contribution in [2.24, 2.45) is 5.10 Å². The average molecular weight is 440 g/mol. The van der Waals surface area contributed by atoms with Crippen LogP contribution in [0.4, 0.5) is 10.1 Å². The molecule has 3 aromatic carbocycles. The van der Waals surface area contributed by atoms with Crippen molar-refractivity contribution in [1.82, 2.24) is 5.43 Å². The van der Waals surface area contributed by atoms with E-state index in [4.69, 9.17) is 16.3 Å². The van der Waals surface area contributed by atoms with E-state index in [0.717, 1.165) is 5.56 Å². The summed E-state index contributed by atoms with van der Waals surface area (Å²) in [4.78, 5) is 24.1. The molecule has 3 rings (SSSR count). The Morgan fingerprint density at radius 1 is 0.968 bits per heavy atom. The molecule has 0 saturated carbocycles. The smallest absolute Gasteiger partial charge is 0.277 e. The van der Waals surface area contributed by atoms with Crippen LogP contribution in [0, 0.1) is 5.82 Å². The molecule has 6 nitrogen and oxygen atoms in total. The number of halogens is 2. The molecule has 3 aromatic rings. The van der Waals surface area contributed by atoms with E-state index in [2.05, 4.69) is 15.8 Å². The molecule has 0 radical (unpaired) electrons. The molecule has 8 heteroatoms. The minimum Gasteiger partial charge on any atom is -0.482 e. The summed E-state index contributed by atoms with van der Waals surface area (Å²) in [6.07, 6.45) is 0. The van der Waals surface area contributed by atoms with E-state index in [1.165, 1.54) is 24.3 Å². The van der Waals surface area contributed by atoms with Gasteiger partial charge in [-0.25, -0.2) is 9.82 Å². The van der Waals surface area contributed by atoms with Crippen molar-refractivity contribution in [2.45, 2.75) is 6.92 Å². The Bertz CT molecular complexity index is 1100. The van der Waals surface area contributed by atoms with Crippen LogP contribution in [-0.4, -0.2) is 24.1 Å². The minimum atomic E-state index is -0.428. The number of benzene rings is 3. The fourth-order valence-electron chi connectivity index (χ4n) is 2.55. The lowest BCUT2D eigenvalue weighted by atomic mass is 10.1. The van der Waals surface area contributed by atoms with Crippen LogP contribution in [0.25, 0.3) is 0 Å². The van der Waals surface area contributed by atoms with Crippen LogP contribution in [0.15, 0.2) is 77.9 Å². The monoisotopic (exact) mass is 439 g/mol. The molecule has 0 bridgehead atoms. The maximum absolute atomic E-state index is 13.0. The highest BCUT2D eigenvalue weighted by Gasteiger charge is 2.08. The van der Waals surface area contributed by atoms with Gasteiger partial charge in [0.25, 0.3) is 11.8 Å². The molecule has 0 atom stereocenters. The largest absolute Gasteiger partial charge is 0.482 e. The normalized spacial score (nSPS) is 11.0. The third-order valence-corrected chi connectivity index (χ3v) is 4.52. The standard InChI is InChI=1S/C23H19ClFN3O3/c1-15(27-28-22(29)14-31-21-5-3-2-4-20(21)24)16-8-12-19(13-9-16)26-23(30)17-6-10-18(25)11-7-17/h2-13H,14H2,1H3,(H,26,30)(H,28,29).